The number of ether oxygens (including phenoxy) is 1. The van der Waals surface area contributed by atoms with E-state index >= 15 is 0 Å². The van der Waals surface area contributed by atoms with Crippen LogP contribution in [-0.2, 0) is 13.0 Å². The molecule has 2 rings (SSSR count). The quantitative estimate of drug-likeness (QED) is 0.812. The third-order valence-corrected chi connectivity index (χ3v) is 2.87. The molecule has 2 aromatic rings. The van der Waals surface area contributed by atoms with Gasteiger partial charge in [0, 0.05) is 5.56 Å². The minimum Gasteiger partial charge on any atom is -0.489 e. The van der Waals surface area contributed by atoms with Gasteiger partial charge in [-0.3, -0.25) is 0 Å². The lowest BCUT2D eigenvalue weighted by Crippen LogP contribution is -2.00. The maximum Gasteiger partial charge on any atom is 0.122 e. The summed E-state index contributed by atoms with van der Waals surface area (Å²) in [7, 11) is 0. The van der Waals surface area contributed by atoms with Crippen LogP contribution in [0.15, 0.2) is 48.5 Å². The molecule has 2 aromatic carbocycles. The van der Waals surface area contributed by atoms with E-state index in [0.29, 0.717) is 12.2 Å². The van der Waals surface area contributed by atoms with Gasteiger partial charge in [0.1, 0.15) is 12.4 Å². The van der Waals surface area contributed by atoms with Crippen LogP contribution in [0.25, 0.3) is 0 Å². The van der Waals surface area contributed by atoms with Gasteiger partial charge in [0.2, 0.25) is 0 Å². The Balaban J connectivity index is 2.14. The number of rotatable bonds is 4. The fraction of sp³-hybridized carbons (Fsp3) is 0.188. The third kappa shape index (κ3) is 2.70. The van der Waals surface area contributed by atoms with E-state index in [9.17, 15) is 0 Å². The summed E-state index contributed by atoms with van der Waals surface area (Å²) < 4.78 is 5.81. The first-order chi connectivity index (χ1) is 8.85. The zero-order chi connectivity index (χ0) is 12.8. The van der Waals surface area contributed by atoms with Crippen molar-refractivity contribution in [1.29, 1.82) is 5.26 Å². The van der Waals surface area contributed by atoms with Crippen molar-refractivity contribution >= 4 is 0 Å². The summed E-state index contributed by atoms with van der Waals surface area (Å²) in [5.41, 5.74) is 2.78. The van der Waals surface area contributed by atoms with Gasteiger partial charge in [0.05, 0.1) is 11.6 Å². The van der Waals surface area contributed by atoms with Crippen LogP contribution >= 0.6 is 0 Å². The van der Waals surface area contributed by atoms with Gasteiger partial charge < -0.3 is 4.74 Å². The topological polar surface area (TPSA) is 33.0 Å². The van der Waals surface area contributed by atoms with Gasteiger partial charge in [-0.25, -0.2) is 0 Å². The van der Waals surface area contributed by atoms with E-state index in [0.717, 1.165) is 17.7 Å². The molecule has 0 aliphatic rings. The van der Waals surface area contributed by atoms with E-state index in [2.05, 4.69) is 19.1 Å². The van der Waals surface area contributed by atoms with Gasteiger partial charge in [-0.1, -0.05) is 43.3 Å². The van der Waals surface area contributed by atoms with Crippen molar-refractivity contribution in [3.8, 4) is 11.8 Å². The van der Waals surface area contributed by atoms with Gasteiger partial charge >= 0.3 is 0 Å². The fourth-order valence-corrected chi connectivity index (χ4v) is 1.85. The molecule has 0 fully saturated rings. The molecule has 0 saturated heterocycles. The Morgan fingerprint density at radius 1 is 1.00 bits per heavy atom. The maximum atomic E-state index is 9.01. The van der Waals surface area contributed by atoms with Crippen LogP contribution in [0, 0.1) is 11.3 Å². The van der Waals surface area contributed by atoms with E-state index in [1.807, 2.05) is 42.5 Å². The number of nitriles is 1. The van der Waals surface area contributed by atoms with E-state index in [1.54, 1.807) is 0 Å². The number of benzene rings is 2. The molecule has 0 bridgehead atoms. The molecular weight excluding hydrogens is 222 g/mol. The average Bonchev–Trinajstić information content (AvgIpc) is 2.45. The molecule has 0 saturated carbocycles. The Kier molecular flexibility index (Phi) is 3.98. The van der Waals surface area contributed by atoms with Gasteiger partial charge in [0.25, 0.3) is 0 Å². The number of para-hydroxylation sites is 1. The molecule has 0 aliphatic heterocycles. The molecule has 0 aliphatic carbocycles. The molecule has 90 valence electrons. The van der Waals surface area contributed by atoms with Crippen molar-refractivity contribution in [1.82, 2.24) is 0 Å². The van der Waals surface area contributed by atoms with Crippen molar-refractivity contribution in [2.75, 3.05) is 0 Å². The number of hydrogen-bond donors (Lipinski definition) is 0. The summed E-state index contributed by atoms with van der Waals surface area (Å²) >= 11 is 0. The van der Waals surface area contributed by atoms with Crippen molar-refractivity contribution in [2.45, 2.75) is 20.0 Å². The standard InChI is InChI=1S/C16H15NO/c1-2-13-7-5-6-10-16(13)18-12-15-9-4-3-8-14(15)11-17/h3-10H,2,12H2,1H3. The predicted molar refractivity (Wildman–Crippen MR) is 71.3 cm³/mol. The molecule has 0 unspecified atom stereocenters. The molecule has 0 heterocycles. The van der Waals surface area contributed by atoms with Gasteiger partial charge in [-0.15, -0.1) is 0 Å². The number of hydrogen-bond acceptors (Lipinski definition) is 2. The lowest BCUT2D eigenvalue weighted by Gasteiger charge is -2.10. The fourth-order valence-electron chi connectivity index (χ4n) is 1.85. The highest BCUT2D eigenvalue weighted by Gasteiger charge is 2.04. The van der Waals surface area contributed by atoms with Crippen LogP contribution in [0.3, 0.4) is 0 Å². The third-order valence-electron chi connectivity index (χ3n) is 2.87. The first-order valence-corrected chi connectivity index (χ1v) is 6.04. The largest absolute Gasteiger partial charge is 0.489 e. The second-order valence-electron chi connectivity index (χ2n) is 4.02. The molecule has 18 heavy (non-hydrogen) atoms. The summed E-state index contributed by atoms with van der Waals surface area (Å²) in [5.74, 6) is 0.896. The Morgan fingerprint density at radius 2 is 1.67 bits per heavy atom. The van der Waals surface area contributed by atoms with Crippen LogP contribution in [0.1, 0.15) is 23.6 Å². The molecule has 0 amide bonds. The van der Waals surface area contributed by atoms with E-state index in [4.69, 9.17) is 10.00 Å². The summed E-state index contributed by atoms with van der Waals surface area (Å²) in [5, 5.41) is 9.01. The number of aryl methyl sites for hydroxylation is 1. The second-order valence-corrected chi connectivity index (χ2v) is 4.02. The van der Waals surface area contributed by atoms with Gasteiger partial charge in [0.15, 0.2) is 0 Å². The highest BCUT2D eigenvalue weighted by Crippen LogP contribution is 2.20. The molecule has 0 radical (unpaired) electrons. The summed E-state index contributed by atoms with van der Waals surface area (Å²) in [6.45, 7) is 2.53. The minimum absolute atomic E-state index is 0.431. The molecule has 2 nitrogen and oxygen atoms in total. The Bertz CT molecular complexity index is 569. The average molecular weight is 237 g/mol. The summed E-state index contributed by atoms with van der Waals surface area (Å²) in [6, 6.07) is 17.7. The SMILES string of the molecule is CCc1ccccc1OCc1ccccc1C#N. The zero-order valence-corrected chi connectivity index (χ0v) is 10.4. The lowest BCUT2D eigenvalue weighted by molar-refractivity contribution is 0.303. The number of nitrogens with zero attached hydrogens (tertiary/aromatic N) is 1. The van der Waals surface area contributed by atoms with Crippen LogP contribution in [0.5, 0.6) is 5.75 Å². The van der Waals surface area contributed by atoms with E-state index < -0.39 is 0 Å². The van der Waals surface area contributed by atoms with E-state index in [-0.39, 0.29) is 0 Å². The van der Waals surface area contributed by atoms with Crippen LogP contribution in [0.2, 0.25) is 0 Å². The molecule has 0 aromatic heterocycles. The van der Waals surface area contributed by atoms with Gasteiger partial charge in [-0.2, -0.15) is 5.26 Å². The normalized spacial score (nSPS) is 9.78. The molecule has 2 heteroatoms. The van der Waals surface area contributed by atoms with Crippen LogP contribution in [-0.4, -0.2) is 0 Å². The minimum atomic E-state index is 0.431. The zero-order valence-electron chi connectivity index (χ0n) is 10.4. The monoisotopic (exact) mass is 237 g/mol. The summed E-state index contributed by atoms with van der Waals surface area (Å²) in [4.78, 5) is 0. The first-order valence-electron chi connectivity index (χ1n) is 6.04. The predicted octanol–water partition coefficient (Wildman–Crippen LogP) is 3.70. The van der Waals surface area contributed by atoms with Crippen molar-refractivity contribution in [3.05, 3.63) is 65.2 Å². The van der Waals surface area contributed by atoms with Crippen molar-refractivity contribution < 1.29 is 4.74 Å². The Morgan fingerprint density at radius 3 is 2.39 bits per heavy atom. The van der Waals surface area contributed by atoms with Crippen molar-refractivity contribution in [2.24, 2.45) is 0 Å². The molecular formula is C16H15NO. The Labute approximate surface area is 107 Å². The molecule has 0 atom stereocenters. The smallest absolute Gasteiger partial charge is 0.122 e. The summed E-state index contributed by atoms with van der Waals surface area (Å²) in [6.07, 6.45) is 0.941. The van der Waals surface area contributed by atoms with Crippen LogP contribution in [0.4, 0.5) is 0 Å². The first kappa shape index (κ1) is 12.2. The molecule has 0 spiro atoms. The second kappa shape index (κ2) is 5.88. The van der Waals surface area contributed by atoms with Crippen LogP contribution < -0.4 is 4.74 Å². The molecule has 0 N–H and O–H groups in total. The lowest BCUT2D eigenvalue weighted by atomic mass is 10.1. The Hall–Kier alpha value is -2.27. The maximum absolute atomic E-state index is 9.01. The van der Waals surface area contributed by atoms with E-state index in [1.165, 1.54) is 5.56 Å². The highest BCUT2D eigenvalue weighted by molar-refractivity contribution is 5.38. The highest BCUT2D eigenvalue weighted by atomic mass is 16.5. The van der Waals surface area contributed by atoms with Crippen molar-refractivity contribution in [3.63, 3.8) is 0 Å². The van der Waals surface area contributed by atoms with Gasteiger partial charge in [-0.05, 0) is 24.1 Å².